The molecule has 6 nitrogen and oxygen atoms in total. The Hall–Kier alpha value is -3.68. The van der Waals surface area contributed by atoms with Crippen LogP contribution in [0.1, 0.15) is 26.9 Å². The number of amides is 2. The van der Waals surface area contributed by atoms with E-state index < -0.39 is 5.25 Å². The number of nitrogens with one attached hydrogen (secondary N) is 2. The predicted molar refractivity (Wildman–Crippen MR) is 140 cm³/mol. The number of ether oxygens (including phenoxy) is 1. The third-order valence-electron chi connectivity index (χ3n) is 5.19. The zero-order valence-electron chi connectivity index (χ0n) is 19.1. The third-order valence-corrected chi connectivity index (χ3v) is 6.86. The quantitative estimate of drug-likeness (QED) is 0.252. The second-order valence-corrected chi connectivity index (χ2v) is 9.24. The Kier molecular flexibility index (Phi) is 7.80. The fourth-order valence-electron chi connectivity index (χ4n) is 3.38. The molecule has 8 heteroatoms. The van der Waals surface area contributed by atoms with Gasteiger partial charge in [-0.2, -0.15) is 0 Å². The Balaban J connectivity index is 1.53. The van der Waals surface area contributed by atoms with E-state index in [0.29, 0.717) is 22.1 Å². The van der Waals surface area contributed by atoms with Crippen molar-refractivity contribution in [1.82, 2.24) is 0 Å². The topological polar surface area (TPSA) is 80.6 Å². The molecule has 0 fully saturated rings. The molecule has 1 aromatic heterocycles. The molecule has 0 spiro atoms. The van der Waals surface area contributed by atoms with E-state index in [1.54, 1.807) is 36.4 Å². The molecular weight excluding hydrogens is 484 g/mol. The lowest BCUT2D eigenvalue weighted by Gasteiger charge is -2.19. The highest BCUT2D eigenvalue weighted by Crippen LogP contribution is 2.38. The monoisotopic (exact) mass is 506 g/mol. The minimum absolute atomic E-state index is 0.198. The van der Waals surface area contributed by atoms with E-state index in [-0.39, 0.29) is 17.6 Å². The second kappa shape index (κ2) is 11.2. The normalized spacial score (nSPS) is 11.5. The Morgan fingerprint density at radius 3 is 2.37 bits per heavy atom. The molecule has 0 saturated heterocycles. The number of thioether (sulfide) groups is 1. The molecule has 4 aromatic rings. The predicted octanol–water partition coefficient (Wildman–Crippen LogP) is 6.97. The van der Waals surface area contributed by atoms with E-state index in [9.17, 15) is 9.59 Å². The van der Waals surface area contributed by atoms with Gasteiger partial charge in [0.15, 0.2) is 5.76 Å². The van der Waals surface area contributed by atoms with Gasteiger partial charge in [0, 0.05) is 21.7 Å². The van der Waals surface area contributed by atoms with Crippen LogP contribution < -0.4 is 15.4 Å². The SMILES string of the molecule is COc1cc(Cl)c(C)cc1NC(=O)C(Sc1ccc(NC(=O)c2ccco2)cc1)c1ccccc1. The summed E-state index contributed by atoms with van der Waals surface area (Å²) in [5.41, 5.74) is 2.86. The van der Waals surface area contributed by atoms with Gasteiger partial charge in [-0.3, -0.25) is 9.59 Å². The number of carbonyl (C=O) groups excluding carboxylic acids is 2. The molecule has 0 aliphatic heterocycles. The first kappa shape index (κ1) is 24.4. The first-order valence-electron chi connectivity index (χ1n) is 10.8. The summed E-state index contributed by atoms with van der Waals surface area (Å²) in [4.78, 5) is 26.5. The van der Waals surface area contributed by atoms with Gasteiger partial charge in [-0.15, -0.1) is 11.8 Å². The van der Waals surface area contributed by atoms with E-state index in [1.165, 1.54) is 25.1 Å². The number of aryl methyl sites for hydroxylation is 1. The summed E-state index contributed by atoms with van der Waals surface area (Å²) in [5.74, 6) is 0.195. The lowest BCUT2D eigenvalue weighted by atomic mass is 10.1. The number of carbonyl (C=O) groups is 2. The average Bonchev–Trinajstić information content (AvgIpc) is 3.41. The molecule has 1 unspecified atom stereocenters. The van der Waals surface area contributed by atoms with Gasteiger partial charge in [-0.25, -0.2) is 0 Å². The Labute approximate surface area is 212 Å². The number of methoxy groups -OCH3 is 1. The van der Waals surface area contributed by atoms with Gasteiger partial charge in [0.05, 0.1) is 19.1 Å². The summed E-state index contributed by atoms with van der Waals surface area (Å²) >= 11 is 7.62. The number of halogens is 1. The van der Waals surface area contributed by atoms with Gasteiger partial charge < -0.3 is 19.8 Å². The van der Waals surface area contributed by atoms with Crippen LogP contribution in [0.4, 0.5) is 11.4 Å². The molecule has 2 N–H and O–H groups in total. The van der Waals surface area contributed by atoms with Crippen molar-refractivity contribution in [2.45, 2.75) is 17.1 Å². The summed E-state index contributed by atoms with van der Waals surface area (Å²) in [6.07, 6.45) is 1.45. The molecule has 0 saturated carbocycles. The summed E-state index contributed by atoms with van der Waals surface area (Å²) in [7, 11) is 1.53. The molecule has 3 aromatic carbocycles. The summed E-state index contributed by atoms with van der Waals surface area (Å²) in [6, 6.07) is 23.6. The van der Waals surface area contributed by atoms with Crippen molar-refractivity contribution in [2.24, 2.45) is 0 Å². The van der Waals surface area contributed by atoms with Crippen molar-refractivity contribution in [3.63, 3.8) is 0 Å². The summed E-state index contributed by atoms with van der Waals surface area (Å²) in [5, 5.41) is 5.81. The first-order chi connectivity index (χ1) is 16.9. The van der Waals surface area contributed by atoms with Gasteiger partial charge in [0.1, 0.15) is 11.0 Å². The fourth-order valence-corrected chi connectivity index (χ4v) is 4.56. The molecule has 1 heterocycles. The summed E-state index contributed by atoms with van der Waals surface area (Å²) < 4.78 is 10.5. The lowest BCUT2D eigenvalue weighted by molar-refractivity contribution is -0.115. The van der Waals surface area contributed by atoms with Crippen molar-refractivity contribution in [3.05, 3.63) is 107 Å². The molecule has 0 bridgehead atoms. The molecule has 1 atom stereocenters. The largest absolute Gasteiger partial charge is 0.495 e. The number of furan rings is 1. The van der Waals surface area contributed by atoms with Crippen molar-refractivity contribution in [3.8, 4) is 5.75 Å². The molecular formula is C27H23ClN2O4S. The van der Waals surface area contributed by atoms with E-state index >= 15 is 0 Å². The maximum atomic E-state index is 13.4. The van der Waals surface area contributed by atoms with Crippen LogP contribution in [0.3, 0.4) is 0 Å². The van der Waals surface area contributed by atoms with Crippen LogP contribution in [0.2, 0.25) is 5.02 Å². The van der Waals surface area contributed by atoms with E-state index in [4.69, 9.17) is 20.8 Å². The van der Waals surface area contributed by atoms with Gasteiger partial charge in [0.25, 0.3) is 5.91 Å². The summed E-state index contributed by atoms with van der Waals surface area (Å²) in [6.45, 7) is 1.87. The Morgan fingerprint density at radius 2 is 1.71 bits per heavy atom. The van der Waals surface area contributed by atoms with E-state index in [2.05, 4.69) is 10.6 Å². The van der Waals surface area contributed by atoms with Crippen molar-refractivity contribution in [2.75, 3.05) is 17.7 Å². The van der Waals surface area contributed by atoms with Gasteiger partial charge in [0.2, 0.25) is 5.91 Å². The minimum atomic E-state index is -0.527. The Morgan fingerprint density at radius 1 is 0.971 bits per heavy atom. The van der Waals surface area contributed by atoms with Crippen LogP contribution >= 0.6 is 23.4 Å². The standard InChI is InChI=1S/C27H23ClN2O4S/c1-17-15-22(24(33-2)16-21(17)28)30-27(32)25(18-7-4-3-5-8-18)35-20-12-10-19(11-13-20)29-26(31)23-9-6-14-34-23/h3-16,25H,1-2H3,(H,29,31)(H,30,32). The molecule has 2 amide bonds. The molecule has 4 rings (SSSR count). The zero-order valence-corrected chi connectivity index (χ0v) is 20.7. The molecule has 0 aliphatic rings. The average molecular weight is 507 g/mol. The minimum Gasteiger partial charge on any atom is -0.495 e. The fraction of sp³-hybridized carbons (Fsp3) is 0.111. The van der Waals surface area contributed by atoms with Crippen LogP contribution in [0, 0.1) is 6.92 Å². The van der Waals surface area contributed by atoms with Crippen molar-refractivity contribution in [1.29, 1.82) is 0 Å². The van der Waals surface area contributed by atoms with E-state index in [0.717, 1.165) is 16.0 Å². The maximum Gasteiger partial charge on any atom is 0.291 e. The molecule has 0 aliphatic carbocycles. The van der Waals surface area contributed by atoms with Gasteiger partial charge >= 0.3 is 0 Å². The highest BCUT2D eigenvalue weighted by molar-refractivity contribution is 8.00. The van der Waals surface area contributed by atoms with Crippen LogP contribution in [-0.2, 0) is 4.79 Å². The second-order valence-electron chi connectivity index (χ2n) is 7.66. The van der Waals surface area contributed by atoms with Crippen LogP contribution in [0.5, 0.6) is 5.75 Å². The van der Waals surface area contributed by atoms with Crippen LogP contribution in [0.15, 0.2) is 94.4 Å². The lowest BCUT2D eigenvalue weighted by Crippen LogP contribution is -2.19. The van der Waals surface area contributed by atoms with Gasteiger partial charge in [-0.05, 0) is 60.5 Å². The third kappa shape index (κ3) is 6.07. The van der Waals surface area contributed by atoms with E-state index in [1.807, 2.05) is 49.4 Å². The van der Waals surface area contributed by atoms with Crippen molar-refractivity contribution >= 4 is 46.6 Å². The maximum absolute atomic E-state index is 13.4. The molecule has 178 valence electrons. The highest BCUT2D eigenvalue weighted by Gasteiger charge is 2.23. The van der Waals surface area contributed by atoms with Crippen LogP contribution in [0.25, 0.3) is 0 Å². The number of hydrogen-bond acceptors (Lipinski definition) is 5. The number of anilines is 2. The smallest absolute Gasteiger partial charge is 0.291 e. The zero-order chi connectivity index (χ0) is 24.8. The first-order valence-corrected chi connectivity index (χ1v) is 12.0. The van der Waals surface area contributed by atoms with Gasteiger partial charge in [-0.1, -0.05) is 41.9 Å². The number of rotatable bonds is 8. The Bertz CT molecular complexity index is 1310. The number of benzene rings is 3. The number of hydrogen-bond donors (Lipinski definition) is 2. The van der Waals surface area contributed by atoms with Crippen LogP contribution in [-0.4, -0.2) is 18.9 Å². The van der Waals surface area contributed by atoms with Crippen molar-refractivity contribution < 1.29 is 18.7 Å². The highest BCUT2D eigenvalue weighted by atomic mass is 35.5. The molecule has 35 heavy (non-hydrogen) atoms. The molecule has 0 radical (unpaired) electrons.